The molecule has 174 valence electrons. The van der Waals surface area contributed by atoms with E-state index in [2.05, 4.69) is 60.4 Å². The van der Waals surface area contributed by atoms with E-state index >= 15 is 0 Å². The molecular weight excluding hydrogens is 459 g/mol. The molecule has 3 nitrogen and oxygen atoms in total. The lowest BCUT2D eigenvalue weighted by Crippen LogP contribution is -2.08. The summed E-state index contributed by atoms with van der Waals surface area (Å²) in [4.78, 5) is 0. The first-order valence-corrected chi connectivity index (χ1v) is 13.2. The van der Waals surface area contributed by atoms with E-state index < -0.39 is 0 Å². The Morgan fingerprint density at radius 3 is 2.47 bits per heavy atom. The van der Waals surface area contributed by atoms with Gasteiger partial charge in [0.05, 0.1) is 29.9 Å². The van der Waals surface area contributed by atoms with Crippen LogP contribution in [0.2, 0.25) is 0 Å². The average Bonchev–Trinajstić information content (AvgIpc) is 2.93. The molecule has 0 saturated carbocycles. The molecule has 0 spiro atoms. The van der Waals surface area contributed by atoms with Gasteiger partial charge in [-0.2, -0.15) is 10.5 Å². The second-order valence-corrected chi connectivity index (χ2v) is 9.96. The van der Waals surface area contributed by atoms with Crippen molar-refractivity contribution >= 4 is 19.4 Å². The van der Waals surface area contributed by atoms with E-state index in [0.29, 0.717) is 17.7 Å². The monoisotopic (exact) mass is 484 g/mol. The van der Waals surface area contributed by atoms with Gasteiger partial charge in [0.15, 0.2) is 0 Å². The first-order valence-electron chi connectivity index (χ1n) is 11.9. The number of nitriles is 2. The molecule has 2 unspecified atom stereocenters. The highest BCUT2D eigenvalue weighted by Gasteiger charge is 2.20. The molecule has 5 rings (SSSR count). The molecule has 4 heteroatoms. The van der Waals surface area contributed by atoms with Gasteiger partial charge in [-0.25, -0.2) is 0 Å². The van der Waals surface area contributed by atoms with Crippen LogP contribution in [-0.2, 0) is 11.3 Å². The quantitative estimate of drug-likeness (QED) is 0.261. The Morgan fingerprint density at radius 2 is 1.69 bits per heavy atom. The van der Waals surface area contributed by atoms with Crippen molar-refractivity contribution < 1.29 is 4.74 Å². The molecule has 0 aliphatic carbocycles. The Labute approximate surface area is 213 Å². The molecule has 0 bridgehead atoms. The van der Waals surface area contributed by atoms with Crippen molar-refractivity contribution in [2.45, 2.75) is 19.6 Å². The summed E-state index contributed by atoms with van der Waals surface area (Å²) in [6, 6.07) is 30.9. The van der Waals surface area contributed by atoms with Gasteiger partial charge in [0.25, 0.3) is 0 Å². The van der Waals surface area contributed by atoms with E-state index in [1.807, 2.05) is 55.5 Å². The van der Waals surface area contributed by atoms with E-state index in [0.717, 1.165) is 58.9 Å². The molecule has 0 N–H and O–H groups in total. The maximum absolute atomic E-state index is 9.93. The van der Waals surface area contributed by atoms with Crippen molar-refractivity contribution in [3.63, 3.8) is 0 Å². The molecular formula is C32H25N2OP. The van der Waals surface area contributed by atoms with E-state index in [4.69, 9.17) is 4.74 Å². The van der Waals surface area contributed by atoms with E-state index in [1.54, 1.807) is 0 Å². The van der Waals surface area contributed by atoms with Crippen LogP contribution in [-0.4, -0.2) is 6.16 Å². The van der Waals surface area contributed by atoms with E-state index in [1.165, 1.54) is 0 Å². The van der Waals surface area contributed by atoms with Crippen molar-refractivity contribution in [3.8, 4) is 23.3 Å². The molecule has 4 aromatic rings. The lowest BCUT2D eigenvalue weighted by atomic mass is 9.91. The van der Waals surface area contributed by atoms with Gasteiger partial charge < -0.3 is 4.74 Å². The lowest BCUT2D eigenvalue weighted by Gasteiger charge is -2.23. The van der Waals surface area contributed by atoms with Crippen molar-refractivity contribution in [1.29, 1.82) is 10.5 Å². The molecule has 0 saturated heterocycles. The molecule has 0 fully saturated rings. The third kappa shape index (κ3) is 4.86. The van der Waals surface area contributed by atoms with Crippen molar-refractivity contribution in [3.05, 3.63) is 130 Å². The molecule has 2 atom stereocenters. The summed E-state index contributed by atoms with van der Waals surface area (Å²) in [6.07, 6.45) is 5.15. The number of rotatable bonds is 6. The normalized spacial score (nSPS) is 14.2. The maximum atomic E-state index is 9.93. The smallest absolute Gasteiger partial charge is 0.108 e. The standard InChI is InChI=1S/C32H25N2OP/c1-22-16-23(11-12-26(22)18-33)20-35-32(28-8-5-15-36-21-28)25-13-14-27(19-34)31(17-25)30-10-4-7-24-6-2-3-9-29(24)30/h2-14,16-17,21,32,36H,15,20H2,1H3. The molecule has 0 amide bonds. The molecule has 0 aromatic heterocycles. The Balaban J connectivity index is 1.56. The number of hydrogen-bond acceptors (Lipinski definition) is 3. The highest BCUT2D eigenvalue weighted by molar-refractivity contribution is 7.42. The summed E-state index contributed by atoms with van der Waals surface area (Å²) in [5, 5.41) is 21.5. The van der Waals surface area contributed by atoms with Gasteiger partial charge in [-0.15, -0.1) is 0 Å². The molecule has 1 heterocycles. The van der Waals surface area contributed by atoms with Gasteiger partial charge in [-0.1, -0.05) is 87.2 Å². The predicted octanol–water partition coefficient (Wildman–Crippen LogP) is 7.95. The van der Waals surface area contributed by atoms with Gasteiger partial charge in [-0.05, 0) is 69.9 Å². The van der Waals surface area contributed by atoms with Crippen LogP contribution >= 0.6 is 8.58 Å². The number of fused-ring (bicyclic) bond motifs is 1. The number of aryl methyl sites for hydroxylation is 1. The summed E-state index contributed by atoms with van der Waals surface area (Å²) in [6.45, 7) is 2.37. The van der Waals surface area contributed by atoms with E-state index in [9.17, 15) is 10.5 Å². The van der Waals surface area contributed by atoms with Crippen LogP contribution in [0.15, 0.2) is 102 Å². The summed E-state index contributed by atoms with van der Waals surface area (Å²) >= 11 is 0. The number of nitrogens with zero attached hydrogens (tertiary/aromatic N) is 2. The molecule has 0 radical (unpaired) electrons. The zero-order valence-corrected chi connectivity index (χ0v) is 21.0. The summed E-state index contributed by atoms with van der Waals surface area (Å²) in [5.74, 6) is 2.27. The predicted molar refractivity (Wildman–Crippen MR) is 148 cm³/mol. The van der Waals surface area contributed by atoms with Crippen LogP contribution in [0.3, 0.4) is 0 Å². The zero-order chi connectivity index (χ0) is 24.9. The Morgan fingerprint density at radius 1 is 0.889 bits per heavy atom. The topological polar surface area (TPSA) is 56.8 Å². The maximum Gasteiger partial charge on any atom is 0.108 e. The van der Waals surface area contributed by atoms with Gasteiger partial charge in [-0.3, -0.25) is 0 Å². The van der Waals surface area contributed by atoms with Crippen LogP contribution in [0.5, 0.6) is 0 Å². The average molecular weight is 485 g/mol. The van der Waals surface area contributed by atoms with Crippen LogP contribution in [0.4, 0.5) is 0 Å². The van der Waals surface area contributed by atoms with Crippen molar-refractivity contribution in [2.75, 3.05) is 6.16 Å². The number of allylic oxidation sites excluding steroid dienone is 1. The number of ether oxygens (including phenoxy) is 1. The minimum atomic E-state index is -0.258. The second kappa shape index (κ2) is 10.7. The summed E-state index contributed by atoms with van der Waals surface area (Å²) < 4.78 is 6.55. The first-order chi connectivity index (χ1) is 17.7. The lowest BCUT2D eigenvalue weighted by molar-refractivity contribution is 0.0664. The van der Waals surface area contributed by atoms with Crippen LogP contribution in [0, 0.1) is 29.6 Å². The van der Waals surface area contributed by atoms with E-state index in [-0.39, 0.29) is 6.10 Å². The SMILES string of the molecule is Cc1cc(COC(C2=CPCC=C2)c2ccc(C#N)c(-c3cccc4ccccc34)c2)ccc1C#N. The summed E-state index contributed by atoms with van der Waals surface area (Å²) in [7, 11) is 0.724. The largest absolute Gasteiger partial charge is 0.364 e. The number of hydrogen-bond donors (Lipinski definition) is 0. The van der Waals surface area contributed by atoms with Gasteiger partial charge in [0, 0.05) is 5.56 Å². The Hall–Kier alpha value is -4.01. The van der Waals surface area contributed by atoms with Gasteiger partial charge in [0.2, 0.25) is 0 Å². The third-order valence-electron chi connectivity index (χ3n) is 6.49. The van der Waals surface area contributed by atoms with Crippen LogP contribution in [0.1, 0.15) is 33.9 Å². The Kier molecular flexibility index (Phi) is 7.06. The fraction of sp³-hybridized carbons (Fsp3) is 0.125. The Bertz CT molecular complexity index is 1580. The second-order valence-electron chi connectivity index (χ2n) is 8.85. The first kappa shape index (κ1) is 23.7. The van der Waals surface area contributed by atoms with Crippen molar-refractivity contribution in [2.24, 2.45) is 0 Å². The minimum absolute atomic E-state index is 0.258. The fourth-order valence-electron chi connectivity index (χ4n) is 4.66. The fourth-order valence-corrected chi connectivity index (χ4v) is 5.52. The van der Waals surface area contributed by atoms with Crippen LogP contribution < -0.4 is 0 Å². The van der Waals surface area contributed by atoms with Crippen molar-refractivity contribution in [1.82, 2.24) is 0 Å². The highest BCUT2D eigenvalue weighted by atomic mass is 31.1. The number of benzene rings is 4. The molecule has 1 aliphatic rings. The minimum Gasteiger partial charge on any atom is -0.364 e. The molecule has 1 aliphatic heterocycles. The van der Waals surface area contributed by atoms with Crippen LogP contribution in [0.25, 0.3) is 21.9 Å². The molecule has 36 heavy (non-hydrogen) atoms. The highest BCUT2D eigenvalue weighted by Crippen LogP contribution is 2.38. The third-order valence-corrected chi connectivity index (χ3v) is 7.50. The zero-order valence-electron chi connectivity index (χ0n) is 20.0. The molecule has 4 aromatic carbocycles. The van der Waals surface area contributed by atoms with Gasteiger partial charge >= 0.3 is 0 Å². The summed E-state index contributed by atoms with van der Waals surface area (Å²) in [5.41, 5.74) is 7.42. The van der Waals surface area contributed by atoms with Gasteiger partial charge in [0.1, 0.15) is 6.10 Å².